The average molecular weight is 470 g/mol. The molecule has 2 aromatic carbocycles. The molecule has 1 amide bonds. The van der Waals surface area contributed by atoms with Crippen molar-refractivity contribution in [3.63, 3.8) is 0 Å². The number of aromatic amines is 1. The maximum Gasteiger partial charge on any atom is 0.226 e. The third-order valence-corrected chi connectivity index (χ3v) is 9.35. The molecule has 4 nitrogen and oxygen atoms in total. The maximum absolute atomic E-state index is 13.9. The van der Waals surface area contributed by atoms with Crippen LogP contribution < -0.4 is 0 Å². The monoisotopic (exact) mass is 469 g/mol. The van der Waals surface area contributed by atoms with Crippen LogP contribution in [0.5, 0.6) is 0 Å². The Morgan fingerprint density at radius 2 is 1.66 bits per heavy atom. The van der Waals surface area contributed by atoms with Gasteiger partial charge in [0, 0.05) is 35.1 Å². The summed E-state index contributed by atoms with van der Waals surface area (Å²) in [5.41, 5.74) is 5.26. The Bertz CT molecular complexity index is 1180. The fourth-order valence-corrected chi connectivity index (χ4v) is 7.74. The van der Waals surface area contributed by atoms with E-state index in [0.717, 1.165) is 51.5 Å². The zero-order chi connectivity index (χ0) is 24.0. The van der Waals surface area contributed by atoms with Crippen molar-refractivity contribution < 1.29 is 4.79 Å². The number of para-hydroxylation sites is 1. The van der Waals surface area contributed by atoms with E-state index in [0.29, 0.717) is 17.9 Å². The summed E-state index contributed by atoms with van der Waals surface area (Å²) in [6.45, 7) is 0.866. The zero-order valence-corrected chi connectivity index (χ0v) is 21.3. The Hall–Kier alpha value is -2.59. The van der Waals surface area contributed by atoms with E-state index in [9.17, 15) is 4.79 Å². The van der Waals surface area contributed by atoms with E-state index in [1.165, 1.54) is 40.6 Å². The second-order valence-corrected chi connectivity index (χ2v) is 11.4. The van der Waals surface area contributed by atoms with Crippen molar-refractivity contribution in [3.05, 3.63) is 71.4 Å². The summed E-state index contributed by atoms with van der Waals surface area (Å²) in [7, 11) is 4.43. The number of aromatic nitrogens is 1. The van der Waals surface area contributed by atoms with E-state index in [4.69, 9.17) is 0 Å². The Kier molecular flexibility index (Phi) is 5.96. The van der Waals surface area contributed by atoms with Crippen molar-refractivity contribution >= 4 is 16.8 Å². The summed E-state index contributed by atoms with van der Waals surface area (Å²) < 4.78 is 0. The molecule has 0 saturated heterocycles. The number of hydrogen-bond donors (Lipinski definition) is 1. The lowest BCUT2D eigenvalue weighted by atomic mass is 9.68. The fraction of sp³-hybridized carbons (Fsp3) is 0.516. The molecule has 0 radical (unpaired) electrons. The molecule has 2 aliphatic carbocycles. The van der Waals surface area contributed by atoms with Gasteiger partial charge in [-0.2, -0.15) is 0 Å². The Morgan fingerprint density at radius 3 is 2.37 bits per heavy atom. The highest BCUT2D eigenvalue weighted by atomic mass is 16.2. The molecule has 1 N–H and O–H groups in total. The third kappa shape index (κ3) is 3.81. The van der Waals surface area contributed by atoms with E-state index in [1.54, 1.807) is 0 Å². The Labute approximate surface area is 209 Å². The quantitative estimate of drug-likeness (QED) is 0.478. The predicted molar refractivity (Wildman–Crippen MR) is 142 cm³/mol. The topological polar surface area (TPSA) is 39.3 Å². The van der Waals surface area contributed by atoms with Crippen LogP contribution in [0.15, 0.2) is 54.6 Å². The first-order valence-electron chi connectivity index (χ1n) is 13.7. The summed E-state index contributed by atoms with van der Waals surface area (Å²) in [6.07, 6.45) is 9.90. The number of H-pyrrole nitrogens is 1. The summed E-state index contributed by atoms with van der Waals surface area (Å²) >= 11 is 0. The fourth-order valence-electron chi connectivity index (χ4n) is 7.74. The second-order valence-electron chi connectivity index (χ2n) is 11.4. The molecule has 1 aliphatic heterocycles. The number of rotatable bonds is 4. The van der Waals surface area contributed by atoms with Gasteiger partial charge in [-0.05, 0) is 82.2 Å². The summed E-state index contributed by atoms with van der Waals surface area (Å²) in [6, 6.07) is 20.1. The van der Waals surface area contributed by atoms with Crippen molar-refractivity contribution in [2.75, 3.05) is 20.6 Å². The lowest BCUT2D eigenvalue weighted by Crippen LogP contribution is -2.56. The Balaban J connectivity index is 1.37. The van der Waals surface area contributed by atoms with Crippen molar-refractivity contribution in [1.82, 2.24) is 14.8 Å². The number of hydrogen-bond acceptors (Lipinski definition) is 2. The van der Waals surface area contributed by atoms with Crippen LogP contribution in [-0.2, 0) is 16.8 Å². The Morgan fingerprint density at radius 1 is 0.971 bits per heavy atom. The van der Waals surface area contributed by atoms with Gasteiger partial charge in [0.05, 0.1) is 5.54 Å². The molecular weight excluding hydrogens is 430 g/mol. The first-order valence-corrected chi connectivity index (χ1v) is 13.7. The van der Waals surface area contributed by atoms with Crippen LogP contribution in [-0.4, -0.2) is 41.3 Å². The molecular formula is C31H39N3O. The van der Waals surface area contributed by atoms with Gasteiger partial charge in [-0.25, -0.2) is 0 Å². The molecule has 3 aromatic rings. The van der Waals surface area contributed by atoms with Gasteiger partial charge in [-0.1, -0.05) is 61.4 Å². The van der Waals surface area contributed by atoms with Crippen LogP contribution in [0, 0.1) is 11.8 Å². The number of carbonyl (C=O) groups is 1. The van der Waals surface area contributed by atoms with Gasteiger partial charge in [-0.15, -0.1) is 0 Å². The molecule has 1 unspecified atom stereocenters. The van der Waals surface area contributed by atoms with Crippen LogP contribution in [0.25, 0.3) is 10.9 Å². The smallest absolute Gasteiger partial charge is 0.226 e. The van der Waals surface area contributed by atoms with Crippen LogP contribution in [0.4, 0.5) is 0 Å². The minimum absolute atomic E-state index is 0.184. The average Bonchev–Trinajstić information content (AvgIpc) is 3.55. The predicted octanol–water partition coefficient (Wildman–Crippen LogP) is 6.43. The second kappa shape index (κ2) is 9.13. The molecule has 4 heteroatoms. The van der Waals surface area contributed by atoms with Gasteiger partial charge in [0.2, 0.25) is 5.91 Å². The molecule has 6 rings (SSSR count). The number of benzene rings is 2. The zero-order valence-electron chi connectivity index (χ0n) is 21.3. The number of fused-ring (bicyclic) bond motifs is 4. The minimum Gasteiger partial charge on any atom is -0.356 e. The number of nitrogens with zero attached hydrogens (tertiary/aromatic N) is 2. The molecule has 0 bridgehead atoms. The van der Waals surface area contributed by atoms with Gasteiger partial charge in [0.1, 0.15) is 0 Å². The molecule has 184 valence electrons. The van der Waals surface area contributed by atoms with E-state index in [-0.39, 0.29) is 11.5 Å². The highest BCUT2D eigenvalue weighted by molar-refractivity contribution is 5.87. The van der Waals surface area contributed by atoms with E-state index in [1.807, 2.05) is 0 Å². The molecule has 2 heterocycles. The SMILES string of the molecule is CN(C)C(c1ccccc1)C1CCC2(CC1)c1[nH]c3ccccc3c1CCN2C(=O)C1CCCC1. The van der Waals surface area contributed by atoms with Crippen LogP contribution >= 0.6 is 0 Å². The van der Waals surface area contributed by atoms with Crippen molar-refractivity contribution in [2.45, 2.75) is 69.4 Å². The lowest BCUT2D eigenvalue weighted by molar-refractivity contribution is -0.146. The van der Waals surface area contributed by atoms with Gasteiger partial charge in [0.25, 0.3) is 0 Å². The van der Waals surface area contributed by atoms with E-state index in [2.05, 4.69) is 83.5 Å². The number of amides is 1. The number of carbonyl (C=O) groups excluding carboxylic acids is 1. The highest BCUT2D eigenvalue weighted by Gasteiger charge is 2.50. The molecule has 1 spiro atoms. The van der Waals surface area contributed by atoms with Crippen molar-refractivity contribution in [2.24, 2.45) is 11.8 Å². The van der Waals surface area contributed by atoms with Gasteiger partial charge >= 0.3 is 0 Å². The van der Waals surface area contributed by atoms with E-state index >= 15 is 0 Å². The standard InChI is InChI=1S/C31H39N3O/c1-33(2)28(22-10-4-3-5-11-22)23-16-19-31(20-17-23)29-26(25-14-8-9-15-27(25)32-29)18-21-34(31)30(35)24-12-6-7-13-24/h3-5,8-11,14-15,23-24,28,32H,6-7,12-13,16-21H2,1-2H3. The lowest BCUT2D eigenvalue weighted by Gasteiger charge is -2.52. The number of nitrogens with one attached hydrogen (secondary N) is 1. The van der Waals surface area contributed by atoms with Crippen LogP contribution in [0.3, 0.4) is 0 Å². The molecule has 35 heavy (non-hydrogen) atoms. The normalized spacial score (nSPS) is 25.9. The summed E-state index contributed by atoms with van der Waals surface area (Å²) in [5, 5.41) is 1.35. The van der Waals surface area contributed by atoms with Gasteiger partial charge in [0.15, 0.2) is 0 Å². The largest absolute Gasteiger partial charge is 0.356 e. The van der Waals surface area contributed by atoms with Gasteiger partial charge < -0.3 is 14.8 Å². The summed E-state index contributed by atoms with van der Waals surface area (Å²) in [5.74, 6) is 1.25. The summed E-state index contributed by atoms with van der Waals surface area (Å²) in [4.78, 5) is 22.5. The molecule has 2 fully saturated rings. The third-order valence-electron chi connectivity index (χ3n) is 9.35. The van der Waals surface area contributed by atoms with E-state index < -0.39 is 0 Å². The van der Waals surface area contributed by atoms with Gasteiger partial charge in [-0.3, -0.25) is 4.79 Å². The maximum atomic E-state index is 13.9. The van der Waals surface area contributed by atoms with Crippen LogP contribution in [0.2, 0.25) is 0 Å². The van der Waals surface area contributed by atoms with Crippen molar-refractivity contribution in [1.29, 1.82) is 0 Å². The van der Waals surface area contributed by atoms with Crippen molar-refractivity contribution in [3.8, 4) is 0 Å². The minimum atomic E-state index is -0.184. The first-order chi connectivity index (χ1) is 17.1. The molecule has 1 atom stereocenters. The molecule has 3 aliphatic rings. The highest BCUT2D eigenvalue weighted by Crippen LogP contribution is 2.52. The van der Waals surface area contributed by atoms with Crippen LogP contribution in [0.1, 0.15) is 74.2 Å². The molecule has 2 saturated carbocycles. The first kappa shape index (κ1) is 22.8. The molecule has 1 aromatic heterocycles.